The van der Waals surface area contributed by atoms with Crippen molar-refractivity contribution in [3.05, 3.63) is 23.8 Å². The Morgan fingerprint density at radius 3 is 2.58 bits per heavy atom. The van der Waals surface area contributed by atoms with Crippen LogP contribution in [0.2, 0.25) is 0 Å². The number of likely N-dealkylation sites (N-methyl/N-ethyl adjacent to an activating group) is 1. The Balaban J connectivity index is 2.11. The van der Waals surface area contributed by atoms with Crippen molar-refractivity contribution in [1.82, 2.24) is 0 Å². The lowest BCUT2D eigenvalue weighted by Crippen LogP contribution is -2.44. The topological polar surface area (TPSA) is 35.5 Å². The number of Topliss-reactive ketones (excluding diaryl/α,β-unsaturated/α-hetero) is 1. The Morgan fingerprint density at radius 2 is 1.89 bits per heavy atom. The van der Waals surface area contributed by atoms with Crippen LogP contribution >= 0.6 is 0 Å². The second-order valence-corrected chi connectivity index (χ2v) is 5.60. The summed E-state index contributed by atoms with van der Waals surface area (Å²) >= 11 is 0. The molecule has 4 nitrogen and oxygen atoms in total. The third kappa shape index (κ3) is 3.47. The molecule has 1 aliphatic heterocycles. The van der Waals surface area contributed by atoms with Crippen LogP contribution in [0, 0.1) is 0 Å². The molecule has 0 atom stereocenters. The summed E-state index contributed by atoms with van der Waals surface area (Å²) in [5.41, 5.74) is 0.701. The first-order valence-corrected chi connectivity index (χ1v) is 6.77. The highest BCUT2D eigenvalue weighted by molar-refractivity contribution is 5.97. The molecular weight excluding hydrogens is 242 g/mol. The minimum atomic E-state index is 0.149. The first kappa shape index (κ1) is 13.9. The van der Waals surface area contributed by atoms with Crippen LogP contribution < -0.4 is 9.47 Å². The molecule has 1 aromatic rings. The van der Waals surface area contributed by atoms with Crippen LogP contribution in [-0.2, 0) is 0 Å². The van der Waals surface area contributed by atoms with Gasteiger partial charge in [-0.25, -0.2) is 0 Å². The van der Waals surface area contributed by atoms with Crippen molar-refractivity contribution in [3.8, 4) is 11.5 Å². The van der Waals surface area contributed by atoms with Gasteiger partial charge in [0.25, 0.3) is 0 Å². The average Bonchev–Trinajstić information content (AvgIpc) is 2.37. The van der Waals surface area contributed by atoms with Gasteiger partial charge >= 0.3 is 0 Å². The van der Waals surface area contributed by atoms with Gasteiger partial charge in [-0.15, -0.1) is 0 Å². The van der Waals surface area contributed by atoms with Gasteiger partial charge in [-0.05, 0) is 24.6 Å². The van der Waals surface area contributed by atoms with E-state index in [2.05, 4.69) is 21.0 Å². The van der Waals surface area contributed by atoms with E-state index < -0.39 is 0 Å². The molecule has 0 radical (unpaired) electrons. The number of rotatable bonds is 5. The molecule has 1 heterocycles. The zero-order valence-corrected chi connectivity index (χ0v) is 11.9. The molecule has 0 N–H and O–H groups in total. The first-order valence-electron chi connectivity index (χ1n) is 6.77. The van der Waals surface area contributed by atoms with Crippen LogP contribution in [0.15, 0.2) is 18.2 Å². The zero-order valence-electron chi connectivity index (χ0n) is 11.9. The minimum absolute atomic E-state index is 0.149. The van der Waals surface area contributed by atoms with E-state index >= 15 is 0 Å². The van der Waals surface area contributed by atoms with Crippen molar-refractivity contribution in [2.24, 2.45) is 0 Å². The predicted molar refractivity (Wildman–Crippen MR) is 73.9 cm³/mol. The standard InChI is InChI=1S/C15H22NO3/c1-4-7-16(2,3)11-13(17)12-5-6-14-15(10-12)19-9-8-18-14/h5-6,10H,4,7-9,11H2,1-3H3/q+1. The maximum Gasteiger partial charge on any atom is 0.217 e. The molecule has 0 saturated carbocycles. The monoisotopic (exact) mass is 264 g/mol. The fraction of sp³-hybridized carbons (Fsp3) is 0.533. The lowest BCUT2D eigenvalue weighted by molar-refractivity contribution is -0.881. The summed E-state index contributed by atoms with van der Waals surface area (Å²) < 4.78 is 11.7. The number of ketones is 1. The first-order chi connectivity index (χ1) is 9.02. The molecule has 0 aromatic heterocycles. The van der Waals surface area contributed by atoms with Crippen molar-refractivity contribution in [1.29, 1.82) is 0 Å². The van der Waals surface area contributed by atoms with Crippen molar-refractivity contribution in [2.45, 2.75) is 13.3 Å². The largest absolute Gasteiger partial charge is 0.486 e. The van der Waals surface area contributed by atoms with Crippen LogP contribution in [0.4, 0.5) is 0 Å². The smallest absolute Gasteiger partial charge is 0.217 e. The van der Waals surface area contributed by atoms with Gasteiger partial charge in [-0.1, -0.05) is 6.92 Å². The van der Waals surface area contributed by atoms with Crippen molar-refractivity contribution >= 4 is 5.78 Å². The van der Waals surface area contributed by atoms with E-state index in [1.807, 2.05) is 12.1 Å². The van der Waals surface area contributed by atoms with Gasteiger partial charge in [-0.3, -0.25) is 4.79 Å². The van der Waals surface area contributed by atoms with E-state index in [0.29, 0.717) is 35.6 Å². The zero-order chi connectivity index (χ0) is 13.9. The molecule has 0 unspecified atom stereocenters. The Labute approximate surface area is 114 Å². The van der Waals surface area contributed by atoms with E-state index in [9.17, 15) is 4.79 Å². The van der Waals surface area contributed by atoms with Gasteiger partial charge < -0.3 is 14.0 Å². The summed E-state index contributed by atoms with van der Waals surface area (Å²) in [4.78, 5) is 12.3. The number of hydrogen-bond acceptors (Lipinski definition) is 3. The maximum atomic E-state index is 12.3. The molecule has 1 aliphatic rings. The summed E-state index contributed by atoms with van der Waals surface area (Å²) in [7, 11) is 4.17. The summed E-state index contributed by atoms with van der Waals surface area (Å²) in [6, 6.07) is 5.44. The third-order valence-corrected chi connectivity index (χ3v) is 3.26. The minimum Gasteiger partial charge on any atom is -0.486 e. The van der Waals surface area contributed by atoms with Crippen LogP contribution in [0.1, 0.15) is 23.7 Å². The average molecular weight is 264 g/mol. The molecule has 0 aliphatic carbocycles. The second-order valence-electron chi connectivity index (χ2n) is 5.60. The highest BCUT2D eigenvalue weighted by Crippen LogP contribution is 2.30. The highest BCUT2D eigenvalue weighted by Gasteiger charge is 2.22. The van der Waals surface area contributed by atoms with Gasteiger partial charge in [0.15, 0.2) is 11.5 Å². The molecule has 1 aromatic carbocycles. The third-order valence-electron chi connectivity index (χ3n) is 3.26. The lowest BCUT2D eigenvalue weighted by Gasteiger charge is -2.28. The highest BCUT2D eigenvalue weighted by atomic mass is 16.6. The number of hydrogen-bond donors (Lipinski definition) is 0. The Morgan fingerprint density at radius 1 is 1.21 bits per heavy atom. The molecule has 0 fully saturated rings. The molecule has 19 heavy (non-hydrogen) atoms. The fourth-order valence-corrected chi connectivity index (χ4v) is 2.38. The second kappa shape index (κ2) is 5.61. The fourth-order valence-electron chi connectivity index (χ4n) is 2.38. The predicted octanol–water partition coefficient (Wildman–Crippen LogP) is 2.13. The van der Waals surface area contributed by atoms with E-state index in [1.54, 1.807) is 6.07 Å². The van der Waals surface area contributed by atoms with Gasteiger partial charge in [0.05, 0.1) is 20.6 Å². The summed E-state index contributed by atoms with van der Waals surface area (Å²) in [5.74, 6) is 1.55. The summed E-state index contributed by atoms with van der Waals surface area (Å²) in [6.07, 6.45) is 1.07. The van der Waals surface area contributed by atoms with Crippen LogP contribution in [0.25, 0.3) is 0 Å². The molecule has 0 amide bonds. The SMILES string of the molecule is CCC[N+](C)(C)CC(=O)c1ccc2c(c1)OCCO2. The number of carbonyl (C=O) groups excluding carboxylic acids is 1. The Hall–Kier alpha value is -1.55. The molecule has 0 spiro atoms. The number of benzene rings is 1. The van der Waals surface area contributed by atoms with Gasteiger partial charge in [0, 0.05) is 5.56 Å². The van der Waals surface area contributed by atoms with Crippen molar-refractivity contribution in [3.63, 3.8) is 0 Å². The number of fused-ring (bicyclic) bond motifs is 1. The number of carbonyl (C=O) groups is 1. The van der Waals surface area contributed by atoms with Crippen molar-refractivity contribution in [2.75, 3.05) is 40.4 Å². The molecule has 2 rings (SSSR count). The number of ether oxygens (including phenoxy) is 2. The van der Waals surface area contributed by atoms with Gasteiger partial charge in [0.1, 0.15) is 19.8 Å². The van der Waals surface area contributed by atoms with E-state index in [1.165, 1.54) is 0 Å². The normalized spacial score (nSPS) is 14.3. The van der Waals surface area contributed by atoms with E-state index in [-0.39, 0.29) is 5.78 Å². The van der Waals surface area contributed by atoms with Gasteiger partial charge in [0.2, 0.25) is 5.78 Å². The molecule has 104 valence electrons. The van der Waals surface area contributed by atoms with Crippen LogP contribution in [0.5, 0.6) is 11.5 Å². The summed E-state index contributed by atoms with van der Waals surface area (Å²) in [6.45, 7) is 4.75. The number of nitrogens with zero attached hydrogens (tertiary/aromatic N) is 1. The maximum absolute atomic E-state index is 12.3. The Bertz CT molecular complexity index is 468. The van der Waals surface area contributed by atoms with Gasteiger partial charge in [-0.2, -0.15) is 0 Å². The van der Waals surface area contributed by atoms with E-state index in [4.69, 9.17) is 9.47 Å². The molecule has 4 heteroatoms. The Kier molecular flexibility index (Phi) is 4.10. The van der Waals surface area contributed by atoms with E-state index in [0.717, 1.165) is 18.7 Å². The van der Waals surface area contributed by atoms with Crippen molar-refractivity contribution < 1.29 is 18.8 Å². The summed E-state index contributed by atoms with van der Waals surface area (Å²) in [5, 5.41) is 0. The molecular formula is C15H22NO3+. The molecule has 0 saturated heterocycles. The molecule has 0 bridgehead atoms. The lowest BCUT2D eigenvalue weighted by atomic mass is 10.1. The quantitative estimate of drug-likeness (QED) is 0.603. The van der Waals surface area contributed by atoms with Crippen LogP contribution in [-0.4, -0.2) is 50.7 Å². The number of quaternary nitrogens is 1. The van der Waals surface area contributed by atoms with Crippen LogP contribution in [0.3, 0.4) is 0 Å².